The summed E-state index contributed by atoms with van der Waals surface area (Å²) in [7, 11) is 0. The van der Waals surface area contributed by atoms with Crippen LogP contribution >= 0.6 is 22.7 Å². The van der Waals surface area contributed by atoms with Crippen LogP contribution in [0.15, 0.2) is 46.6 Å². The number of hydrogen-bond donors (Lipinski definition) is 1. The van der Waals surface area contributed by atoms with Crippen LogP contribution in [0.1, 0.15) is 10.4 Å². The molecule has 0 spiro atoms. The second-order valence-corrected chi connectivity index (χ2v) is 9.61. The van der Waals surface area contributed by atoms with Crippen LogP contribution < -0.4 is 20.1 Å². The molecule has 2 aromatic heterocycles. The van der Waals surface area contributed by atoms with Crippen LogP contribution in [0, 0.1) is 18.3 Å². The van der Waals surface area contributed by atoms with Gasteiger partial charge in [-0.1, -0.05) is 23.8 Å². The maximum Gasteiger partial charge on any atom is 0.273 e. The van der Waals surface area contributed by atoms with Gasteiger partial charge in [0.2, 0.25) is 0 Å². The highest BCUT2D eigenvalue weighted by Crippen LogP contribution is 2.10. The summed E-state index contributed by atoms with van der Waals surface area (Å²) in [5.74, 6) is -0.476. The Balaban J connectivity index is 1.74. The summed E-state index contributed by atoms with van der Waals surface area (Å²) in [5, 5.41) is 14.7. The van der Waals surface area contributed by atoms with Crippen LogP contribution in [0.3, 0.4) is 0 Å². The van der Waals surface area contributed by atoms with Gasteiger partial charge in [0.15, 0.2) is 5.57 Å². The second-order valence-electron chi connectivity index (χ2n) is 7.60. The van der Waals surface area contributed by atoms with E-state index in [0.29, 0.717) is 41.2 Å². The number of morpholine rings is 1. The topological polar surface area (TPSA) is 87.4 Å². The Hall–Kier alpha value is -3.03. The smallest absolute Gasteiger partial charge is 0.273 e. The fourth-order valence-electron chi connectivity index (χ4n) is 3.52. The van der Waals surface area contributed by atoms with Gasteiger partial charge in [0.1, 0.15) is 10.7 Å². The number of hydrogen-bond acceptors (Lipinski definition) is 7. The molecule has 3 aromatic rings. The highest BCUT2D eigenvalue weighted by Gasteiger charge is 2.17. The van der Waals surface area contributed by atoms with Gasteiger partial charge in [0, 0.05) is 31.1 Å². The number of rotatable bonds is 6. The van der Waals surface area contributed by atoms with Crippen molar-refractivity contribution in [2.24, 2.45) is 0 Å². The first-order valence-electron chi connectivity index (χ1n) is 10.6. The Bertz CT molecular complexity index is 1330. The average molecular weight is 481 g/mol. The summed E-state index contributed by atoms with van der Waals surface area (Å²) in [4.78, 5) is 29.4. The maximum absolute atomic E-state index is 13.3. The molecule has 3 heterocycles. The molecule has 1 N–H and O–H groups in total. The van der Waals surface area contributed by atoms with Gasteiger partial charge >= 0.3 is 0 Å². The molecule has 1 aromatic carbocycles. The summed E-state index contributed by atoms with van der Waals surface area (Å²) < 4.78 is 7.61. The van der Waals surface area contributed by atoms with Crippen molar-refractivity contribution in [2.45, 2.75) is 6.92 Å². The van der Waals surface area contributed by atoms with Crippen LogP contribution in [-0.4, -0.2) is 54.8 Å². The third-order valence-electron chi connectivity index (χ3n) is 5.30. The zero-order valence-corrected chi connectivity index (χ0v) is 19.9. The molecule has 0 radical (unpaired) electrons. The van der Waals surface area contributed by atoms with Crippen molar-refractivity contribution in [1.29, 1.82) is 5.26 Å². The molecule has 0 saturated carbocycles. The molecule has 1 saturated heterocycles. The molecule has 33 heavy (non-hydrogen) atoms. The number of aryl methyl sites for hydroxylation is 1. The number of carbonyl (C=O) groups excluding carboxylic acids is 1. The van der Waals surface area contributed by atoms with Crippen LogP contribution in [-0.2, 0) is 9.53 Å². The van der Waals surface area contributed by atoms with Gasteiger partial charge in [-0.2, -0.15) is 5.26 Å². The fraction of sp³-hybridized carbons (Fsp3) is 0.292. The number of thiazole rings is 1. The van der Waals surface area contributed by atoms with Crippen molar-refractivity contribution in [3.05, 3.63) is 71.8 Å². The fourth-order valence-corrected chi connectivity index (χ4v) is 5.34. The minimum absolute atomic E-state index is 0.0644. The van der Waals surface area contributed by atoms with Gasteiger partial charge in [-0.05, 0) is 36.6 Å². The molecule has 9 heteroatoms. The van der Waals surface area contributed by atoms with Crippen molar-refractivity contribution >= 4 is 40.2 Å². The number of thiophene rings is 1. The van der Waals surface area contributed by atoms with Crippen LogP contribution in [0.25, 0.3) is 17.3 Å². The van der Waals surface area contributed by atoms with E-state index in [-0.39, 0.29) is 11.1 Å². The number of amides is 1. The molecule has 0 aliphatic carbocycles. The number of aromatic nitrogens is 1. The Morgan fingerprint density at radius 2 is 2.00 bits per heavy atom. The number of nitrogens with one attached hydrogen (secondary N) is 1. The lowest BCUT2D eigenvalue weighted by molar-refractivity contribution is -0.115. The van der Waals surface area contributed by atoms with Crippen molar-refractivity contribution in [1.82, 2.24) is 14.8 Å². The largest absolute Gasteiger partial charge is 0.379 e. The number of benzene rings is 1. The number of nitriles is 1. The van der Waals surface area contributed by atoms with Crippen molar-refractivity contribution in [3.8, 4) is 11.8 Å². The molecular weight excluding hydrogens is 456 g/mol. The van der Waals surface area contributed by atoms with Crippen LogP contribution in [0.2, 0.25) is 0 Å². The summed E-state index contributed by atoms with van der Waals surface area (Å²) in [5.41, 5.74) is 1.36. The third kappa shape index (κ3) is 5.49. The van der Waals surface area contributed by atoms with E-state index >= 15 is 0 Å². The molecular formula is C24H24N4O3S2. The summed E-state index contributed by atoms with van der Waals surface area (Å²) in [6.07, 6.45) is 1.80. The van der Waals surface area contributed by atoms with Gasteiger partial charge < -0.3 is 10.1 Å². The van der Waals surface area contributed by atoms with E-state index in [1.807, 2.05) is 54.8 Å². The normalized spacial score (nSPS) is 15.8. The Labute approximate surface area is 199 Å². The minimum atomic E-state index is -0.476. The summed E-state index contributed by atoms with van der Waals surface area (Å²) in [6.45, 7) is 6.08. The summed E-state index contributed by atoms with van der Waals surface area (Å²) in [6, 6.07) is 13.3. The van der Waals surface area contributed by atoms with Crippen LogP contribution in [0.5, 0.6) is 0 Å². The van der Waals surface area contributed by atoms with E-state index < -0.39 is 5.91 Å². The van der Waals surface area contributed by atoms with Gasteiger partial charge in [0.05, 0.1) is 23.4 Å². The Kier molecular flexibility index (Phi) is 7.52. The molecule has 1 aliphatic rings. The van der Waals surface area contributed by atoms with E-state index in [9.17, 15) is 14.9 Å². The predicted octanol–water partition coefficient (Wildman–Crippen LogP) is 1.22. The Morgan fingerprint density at radius 1 is 1.24 bits per heavy atom. The van der Waals surface area contributed by atoms with E-state index in [2.05, 4.69) is 10.2 Å². The average Bonchev–Trinajstić information content (AvgIpc) is 3.44. The first kappa shape index (κ1) is 23.1. The van der Waals surface area contributed by atoms with Gasteiger partial charge in [-0.3, -0.25) is 19.1 Å². The minimum Gasteiger partial charge on any atom is -0.379 e. The SMILES string of the molecule is Cc1ccc(-n2c(=O)/c(=C\c3cccs3)s/c2=C(\C#N)C(=O)NCCN2CCOCC2)cc1. The van der Waals surface area contributed by atoms with Crippen molar-refractivity contribution in [2.75, 3.05) is 39.4 Å². The molecule has 0 bridgehead atoms. The third-order valence-corrected chi connectivity index (χ3v) is 7.21. The lowest BCUT2D eigenvalue weighted by Gasteiger charge is -2.26. The lowest BCUT2D eigenvalue weighted by Crippen LogP contribution is -2.42. The molecule has 1 aliphatic heterocycles. The molecule has 7 nitrogen and oxygen atoms in total. The van der Waals surface area contributed by atoms with Gasteiger partial charge in [0.25, 0.3) is 11.5 Å². The van der Waals surface area contributed by atoms with Crippen molar-refractivity contribution in [3.63, 3.8) is 0 Å². The van der Waals surface area contributed by atoms with E-state index in [0.717, 1.165) is 34.9 Å². The zero-order chi connectivity index (χ0) is 23.2. The van der Waals surface area contributed by atoms with Gasteiger partial charge in [-0.25, -0.2) is 0 Å². The van der Waals surface area contributed by atoms with E-state index in [1.54, 1.807) is 6.08 Å². The molecule has 1 fully saturated rings. The standard InChI is InChI=1S/C24H24N4O3S2/c1-17-4-6-18(7-5-17)28-23(30)21(15-19-3-2-14-32-19)33-24(28)20(16-25)22(29)26-8-9-27-10-12-31-13-11-27/h2-7,14-15H,8-13H2,1H3,(H,26,29)/b21-15+,24-20+. The number of carbonyl (C=O) groups is 1. The first-order chi connectivity index (χ1) is 16.1. The molecule has 0 atom stereocenters. The highest BCUT2D eigenvalue weighted by atomic mass is 32.1. The molecule has 1 amide bonds. The first-order valence-corrected chi connectivity index (χ1v) is 12.3. The monoisotopic (exact) mass is 480 g/mol. The predicted molar refractivity (Wildman–Crippen MR) is 131 cm³/mol. The molecule has 170 valence electrons. The molecule has 0 unspecified atom stereocenters. The zero-order valence-electron chi connectivity index (χ0n) is 18.2. The van der Waals surface area contributed by atoms with Crippen LogP contribution in [0.4, 0.5) is 0 Å². The lowest BCUT2D eigenvalue weighted by atomic mass is 10.2. The Morgan fingerprint density at radius 3 is 2.67 bits per heavy atom. The van der Waals surface area contributed by atoms with Crippen molar-refractivity contribution < 1.29 is 9.53 Å². The second kappa shape index (κ2) is 10.7. The molecule has 4 rings (SSSR count). The summed E-state index contributed by atoms with van der Waals surface area (Å²) >= 11 is 2.68. The number of ether oxygens (including phenoxy) is 1. The quantitative estimate of drug-likeness (QED) is 0.573. The highest BCUT2D eigenvalue weighted by molar-refractivity contribution is 7.11. The van der Waals surface area contributed by atoms with Gasteiger partial charge in [-0.15, -0.1) is 22.7 Å². The maximum atomic E-state index is 13.3. The van der Waals surface area contributed by atoms with E-state index in [4.69, 9.17) is 4.74 Å². The number of nitrogens with zero attached hydrogens (tertiary/aromatic N) is 3. The van der Waals surface area contributed by atoms with E-state index in [1.165, 1.54) is 15.9 Å².